The van der Waals surface area contributed by atoms with Gasteiger partial charge in [-0.2, -0.15) is 5.26 Å². The van der Waals surface area contributed by atoms with Gasteiger partial charge in [-0.1, -0.05) is 6.07 Å². The highest BCUT2D eigenvalue weighted by atomic mass is 16.5. The van der Waals surface area contributed by atoms with Gasteiger partial charge in [0.05, 0.1) is 25.3 Å². The number of amides is 2. The zero-order chi connectivity index (χ0) is 17.7. The predicted octanol–water partition coefficient (Wildman–Crippen LogP) is 1.01. The van der Waals surface area contributed by atoms with E-state index < -0.39 is 0 Å². The molecular weight excluding hydrogens is 310 g/mol. The molecule has 0 aliphatic heterocycles. The summed E-state index contributed by atoms with van der Waals surface area (Å²) in [5.74, 6) is -0.541. The van der Waals surface area contributed by atoms with Gasteiger partial charge in [0, 0.05) is 26.0 Å². The molecule has 0 saturated carbocycles. The molecule has 2 amide bonds. The first-order valence-corrected chi connectivity index (χ1v) is 7.07. The first kappa shape index (κ1) is 17.0. The summed E-state index contributed by atoms with van der Waals surface area (Å²) in [5.41, 5.74) is 1.22. The van der Waals surface area contributed by atoms with E-state index in [-0.39, 0.29) is 29.8 Å². The number of nitriles is 1. The molecule has 8 nitrogen and oxygen atoms in total. The van der Waals surface area contributed by atoms with Crippen LogP contribution < -0.4 is 10.1 Å². The highest BCUT2D eigenvalue weighted by molar-refractivity contribution is 6.00. The van der Waals surface area contributed by atoms with Gasteiger partial charge in [-0.05, 0) is 18.2 Å². The van der Waals surface area contributed by atoms with Crippen molar-refractivity contribution >= 4 is 17.5 Å². The third-order valence-corrected chi connectivity index (χ3v) is 3.22. The Kier molecular flexibility index (Phi) is 5.16. The zero-order valence-corrected chi connectivity index (χ0v) is 13.6. The molecule has 0 spiro atoms. The second kappa shape index (κ2) is 7.28. The first-order valence-electron chi connectivity index (χ1n) is 7.07. The second-order valence-electron chi connectivity index (χ2n) is 5.13. The lowest BCUT2D eigenvalue weighted by Gasteiger charge is -2.16. The summed E-state index contributed by atoms with van der Waals surface area (Å²) < 4.78 is 6.52. The minimum atomic E-state index is -0.374. The molecule has 0 bridgehead atoms. The van der Waals surface area contributed by atoms with Crippen LogP contribution in [0.1, 0.15) is 15.9 Å². The van der Waals surface area contributed by atoms with Crippen LogP contribution in [0.5, 0.6) is 5.88 Å². The summed E-state index contributed by atoms with van der Waals surface area (Å²) in [6, 6.07) is 8.54. The number of nitrogens with one attached hydrogen (secondary N) is 1. The van der Waals surface area contributed by atoms with Crippen molar-refractivity contribution in [3.05, 3.63) is 41.6 Å². The van der Waals surface area contributed by atoms with Crippen molar-refractivity contribution in [1.29, 1.82) is 5.26 Å². The van der Waals surface area contributed by atoms with E-state index in [1.165, 1.54) is 29.9 Å². The van der Waals surface area contributed by atoms with Crippen LogP contribution >= 0.6 is 0 Å². The highest BCUT2D eigenvalue weighted by Gasteiger charge is 2.21. The fourth-order valence-electron chi connectivity index (χ4n) is 2.13. The maximum Gasteiger partial charge on any atom is 0.261 e. The average Bonchev–Trinajstić information content (AvgIpc) is 2.94. The number of aryl methyl sites for hydroxylation is 1. The monoisotopic (exact) mass is 327 g/mol. The van der Waals surface area contributed by atoms with Crippen LogP contribution in [0.3, 0.4) is 0 Å². The van der Waals surface area contributed by atoms with Gasteiger partial charge in [-0.3, -0.25) is 14.3 Å². The van der Waals surface area contributed by atoms with Crippen molar-refractivity contribution < 1.29 is 14.3 Å². The van der Waals surface area contributed by atoms with E-state index >= 15 is 0 Å². The molecule has 0 fully saturated rings. The number of hydrogen-bond acceptors (Lipinski definition) is 5. The normalized spacial score (nSPS) is 9.92. The molecule has 0 radical (unpaired) electrons. The van der Waals surface area contributed by atoms with Crippen LogP contribution in [0.4, 0.5) is 5.69 Å². The number of hydrogen-bond donors (Lipinski definition) is 1. The maximum atomic E-state index is 12.4. The lowest BCUT2D eigenvalue weighted by Crippen LogP contribution is -2.35. The smallest absolute Gasteiger partial charge is 0.261 e. The SMILES string of the molecule is COc1nn(C)cc1C(=O)N(C)CC(=O)Nc1cccc(C#N)c1. The lowest BCUT2D eigenvalue weighted by molar-refractivity contribution is -0.116. The minimum absolute atomic E-state index is 0.145. The van der Waals surface area contributed by atoms with Crippen molar-refractivity contribution in [1.82, 2.24) is 14.7 Å². The fourth-order valence-corrected chi connectivity index (χ4v) is 2.13. The zero-order valence-electron chi connectivity index (χ0n) is 13.6. The van der Waals surface area contributed by atoms with Crippen molar-refractivity contribution in [3.63, 3.8) is 0 Å². The Balaban J connectivity index is 2.02. The molecule has 8 heteroatoms. The lowest BCUT2D eigenvalue weighted by atomic mass is 10.2. The quantitative estimate of drug-likeness (QED) is 0.883. The largest absolute Gasteiger partial charge is 0.479 e. The van der Waals surface area contributed by atoms with Crippen LogP contribution in [0.15, 0.2) is 30.5 Å². The van der Waals surface area contributed by atoms with E-state index in [0.717, 1.165) is 0 Å². The average molecular weight is 327 g/mol. The number of rotatable bonds is 5. The van der Waals surface area contributed by atoms with Gasteiger partial charge < -0.3 is 15.0 Å². The Morgan fingerprint density at radius 3 is 2.88 bits per heavy atom. The van der Waals surface area contributed by atoms with Gasteiger partial charge in [-0.25, -0.2) is 0 Å². The summed E-state index contributed by atoms with van der Waals surface area (Å²) in [5, 5.41) is 15.5. The minimum Gasteiger partial charge on any atom is -0.479 e. The van der Waals surface area contributed by atoms with Crippen molar-refractivity contribution in [2.45, 2.75) is 0 Å². The van der Waals surface area contributed by atoms with Gasteiger partial charge in [0.15, 0.2) is 0 Å². The molecule has 1 aromatic carbocycles. The Hall–Kier alpha value is -3.34. The second-order valence-corrected chi connectivity index (χ2v) is 5.13. The van der Waals surface area contributed by atoms with E-state index in [1.54, 1.807) is 31.3 Å². The topological polar surface area (TPSA) is 100 Å². The van der Waals surface area contributed by atoms with Crippen molar-refractivity contribution in [3.8, 4) is 11.9 Å². The van der Waals surface area contributed by atoms with Gasteiger partial charge in [0.2, 0.25) is 11.8 Å². The number of methoxy groups -OCH3 is 1. The van der Waals surface area contributed by atoms with Gasteiger partial charge in [0.1, 0.15) is 5.56 Å². The molecule has 24 heavy (non-hydrogen) atoms. The van der Waals surface area contributed by atoms with Crippen LogP contribution in [-0.2, 0) is 11.8 Å². The van der Waals surface area contributed by atoms with E-state index in [2.05, 4.69) is 10.4 Å². The van der Waals surface area contributed by atoms with E-state index in [9.17, 15) is 9.59 Å². The number of nitrogens with zero attached hydrogens (tertiary/aromatic N) is 4. The number of benzene rings is 1. The Bertz CT molecular complexity index is 806. The molecule has 0 aliphatic carbocycles. The molecule has 2 aromatic rings. The third kappa shape index (κ3) is 3.89. The van der Waals surface area contributed by atoms with Crippen molar-refractivity contribution in [2.75, 3.05) is 26.0 Å². The summed E-state index contributed by atoms with van der Waals surface area (Å²) in [6.07, 6.45) is 1.53. The van der Waals surface area contributed by atoms with Crippen LogP contribution in [0, 0.1) is 11.3 Å². The first-order chi connectivity index (χ1) is 11.4. The number of anilines is 1. The molecule has 0 saturated heterocycles. The third-order valence-electron chi connectivity index (χ3n) is 3.22. The van der Waals surface area contributed by atoms with Gasteiger partial charge in [-0.15, -0.1) is 5.10 Å². The number of ether oxygens (including phenoxy) is 1. The number of carbonyl (C=O) groups is 2. The fraction of sp³-hybridized carbons (Fsp3) is 0.250. The number of carbonyl (C=O) groups excluding carboxylic acids is 2. The van der Waals surface area contributed by atoms with Gasteiger partial charge in [0.25, 0.3) is 5.91 Å². The molecule has 1 N–H and O–H groups in total. The molecule has 1 heterocycles. The highest BCUT2D eigenvalue weighted by Crippen LogP contribution is 2.16. The van der Waals surface area contributed by atoms with Crippen molar-refractivity contribution in [2.24, 2.45) is 7.05 Å². The number of aromatic nitrogens is 2. The molecule has 2 rings (SSSR count). The van der Waals surface area contributed by atoms with Crippen LogP contribution in [0.2, 0.25) is 0 Å². The van der Waals surface area contributed by atoms with Gasteiger partial charge >= 0.3 is 0 Å². The van der Waals surface area contributed by atoms with E-state index in [1.807, 2.05) is 6.07 Å². The summed E-state index contributed by atoms with van der Waals surface area (Å²) >= 11 is 0. The maximum absolute atomic E-state index is 12.4. The number of likely N-dealkylation sites (N-methyl/N-ethyl adjacent to an activating group) is 1. The predicted molar refractivity (Wildman–Crippen MR) is 86.5 cm³/mol. The van der Waals surface area contributed by atoms with E-state index in [0.29, 0.717) is 11.3 Å². The Morgan fingerprint density at radius 1 is 1.46 bits per heavy atom. The molecule has 0 atom stereocenters. The standard InChI is InChI=1S/C16H17N5O3/c1-20(16(23)13-9-21(2)19-15(13)24-3)10-14(22)18-12-6-4-5-11(7-12)8-17/h4-7,9H,10H2,1-3H3,(H,18,22). The molecular formula is C16H17N5O3. The summed E-state index contributed by atoms with van der Waals surface area (Å²) in [7, 11) is 4.61. The molecule has 0 unspecified atom stereocenters. The van der Waals surface area contributed by atoms with E-state index in [4.69, 9.17) is 10.00 Å². The molecule has 1 aromatic heterocycles. The summed E-state index contributed by atoms with van der Waals surface area (Å²) in [4.78, 5) is 25.7. The Morgan fingerprint density at radius 2 is 2.21 bits per heavy atom. The molecule has 124 valence electrons. The van der Waals surface area contributed by atoms with Crippen LogP contribution in [-0.4, -0.2) is 47.2 Å². The summed E-state index contributed by atoms with van der Waals surface area (Å²) in [6.45, 7) is -0.145. The molecule has 0 aliphatic rings. The van der Waals surface area contributed by atoms with Crippen LogP contribution in [0.25, 0.3) is 0 Å². The Labute approximate surface area is 139 Å².